The van der Waals surface area contributed by atoms with E-state index in [0.717, 1.165) is 17.7 Å². The number of nitrogens with one attached hydrogen (secondary N) is 2. The Kier molecular flexibility index (Phi) is 6.56. The molecular formula is C20H24N2O3. The number of ether oxygens (including phenoxy) is 2. The van der Waals surface area contributed by atoms with E-state index in [-0.39, 0.29) is 11.9 Å². The molecule has 0 saturated carbocycles. The highest BCUT2D eigenvalue weighted by Gasteiger charge is 2.21. The summed E-state index contributed by atoms with van der Waals surface area (Å²) in [5.74, 6) is -0.0677. The molecule has 1 saturated heterocycles. The summed E-state index contributed by atoms with van der Waals surface area (Å²) < 4.78 is 11.1. The van der Waals surface area contributed by atoms with E-state index < -0.39 is 0 Å². The van der Waals surface area contributed by atoms with Crippen molar-refractivity contribution in [2.75, 3.05) is 31.7 Å². The summed E-state index contributed by atoms with van der Waals surface area (Å²) in [6.07, 6.45) is 0.893. The molecule has 1 fully saturated rings. The minimum Gasteiger partial charge on any atom is -0.378 e. The first-order valence-corrected chi connectivity index (χ1v) is 8.64. The van der Waals surface area contributed by atoms with Crippen molar-refractivity contribution in [1.29, 1.82) is 0 Å². The molecule has 0 aliphatic carbocycles. The van der Waals surface area contributed by atoms with Gasteiger partial charge in [-0.05, 0) is 29.7 Å². The van der Waals surface area contributed by atoms with Crippen LogP contribution < -0.4 is 10.6 Å². The van der Waals surface area contributed by atoms with Crippen molar-refractivity contribution < 1.29 is 14.3 Å². The smallest absolute Gasteiger partial charge is 0.243 e. The number of rotatable bonds is 7. The Hall–Kier alpha value is -2.21. The van der Waals surface area contributed by atoms with Crippen LogP contribution in [0, 0.1) is 0 Å². The summed E-state index contributed by atoms with van der Waals surface area (Å²) in [4.78, 5) is 12.2. The summed E-state index contributed by atoms with van der Waals surface area (Å²) >= 11 is 0. The van der Waals surface area contributed by atoms with Crippen LogP contribution in [0.3, 0.4) is 0 Å². The number of carbonyl (C=O) groups is 1. The van der Waals surface area contributed by atoms with Gasteiger partial charge in [0.15, 0.2) is 0 Å². The highest BCUT2D eigenvalue weighted by molar-refractivity contribution is 5.95. The Balaban J connectivity index is 1.45. The SMILES string of the molecule is O=C(Nc1cccc(COCCc2ccccc2)c1)C1COCCN1. The van der Waals surface area contributed by atoms with E-state index in [4.69, 9.17) is 9.47 Å². The average molecular weight is 340 g/mol. The number of hydrogen-bond acceptors (Lipinski definition) is 4. The van der Waals surface area contributed by atoms with Crippen molar-refractivity contribution in [3.05, 3.63) is 65.7 Å². The van der Waals surface area contributed by atoms with E-state index in [2.05, 4.69) is 22.8 Å². The fraction of sp³-hybridized carbons (Fsp3) is 0.350. The normalized spacial score (nSPS) is 17.2. The van der Waals surface area contributed by atoms with Crippen molar-refractivity contribution in [1.82, 2.24) is 5.32 Å². The molecule has 0 bridgehead atoms. The number of benzene rings is 2. The molecule has 5 nitrogen and oxygen atoms in total. The lowest BCUT2D eigenvalue weighted by Gasteiger charge is -2.23. The number of amides is 1. The molecular weight excluding hydrogens is 316 g/mol. The van der Waals surface area contributed by atoms with Crippen LogP contribution in [0.5, 0.6) is 0 Å². The van der Waals surface area contributed by atoms with E-state index in [9.17, 15) is 4.79 Å². The second-order valence-corrected chi connectivity index (χ2v) is 6.06. The zero-order valence-electron chi connectivity index (χ0n) is 14.2. The van der Waals surface area contributed by atoms with E-state index in [1.54, 1.807) is 0 Å². The summed E-state index contributed by atoms with van der Waals surface area (Å²) in [6, 6.07) is 17.8. The lowest BCUT2D eigenvalue weighted by atomic mass is 10.1. The van der Waals surface area contributed by atoms with Gasteiger partial charge in [-0.1, -0.05) is 42.5 Å². The third kappa shape index (κ3) is 5.67. The monoisotopic (exact) mass is 340 g/mol. The molecule has 2 aromatic rings. The van der Waals surface area contributed by atoms with Crippen LogP contribution in [0.4, 0.5) is 5.69 Å². The van der Waals surface area contributed by atoms with E-state index >= 15 is 0 Å². The first-order chi connectivity index (χ1) is 12.3. The van der Waals surface area contributed by atoms with Gasteiger partial charge in [0.25, 0.3) is 0 Å². The Morgan fingerprint density at radius 1 is 1.16 bits per heavy atom. The number of carbonyl (C=O) groups excluding carboxylic acids is 1. The van der Waals surface area contributed by atoms with Crippen molar-refractivity contribution >= 4 is 11.6 Å². The maximum absolute atomic E-state index is 12.2. The van der Waals surface area contributed by atoms with Crippen LogP contribution in [0.15, 0.2) is 54.6 Å². The molecule has 2 N–H and O–H groups in total. The van der Waals surface area contributed by atoms with Gasteiger partial charge < -0.3 is 20.1 Å². The second kappa shape index (κ2) is 9.32. The topological polar surface area (TPSA) is 59.6 Å². The second-order valence-electron chi connectivity index (χ2n) is 6.06. The number of morpholine rings is 1. The largest absolute Gasteiger partial charge is 0.378 e. The minimum atomic E-state index is -0.292. The van der Waals surface area contributed by atoms with Gasteiger partial charge in [0.05, 0.1) is 26.4 Å². The molecule has 5 heteroatoms. The minimum absolute atomic E-state index is 0.0677. The lowest BCUT2D eigenvalue weighted by molar-refractivity contribution is -0.120. The van der Waals surface area contributed by atoms with Crippen molar-refractivity contribution in [2.24, 2.45) is 0 Å². The molecule has 0 spiro atoms. The standard InChI is InChI=1S/C20H24N2O3/c23-20(19-15-25-12-10-21-19)22-18-8-4-7-17(13-18)14-24-11-9-16-5-2-1-3-6-16/h1-8,13,19,21H,9-12,14-15H2,(H,22,23). The number of anilines is 1. The summed E-state index contributed by atoms with van der Waals surface area (Å²) in [6.45, 7) is 2.96. The first-order valence-electron chi connectivity index (χ1n) is 8.64. The molecule has 1 aliphatic rings. The lowest BCUT2D eigenvalue weighted by Crippen LogP contribution is -2.48. The molecule has 1 aliphatic heterocycles. The molecule has 1 heterocycles. The predicted molar refractivity (Wildman–Crippen MR) is 97.5 cm³/mol. The summed E-state index contributed by atoms with van der Waals surface area (Å²) in [5, 5.41) is 6.08. The molecule has 2 aromatic carbocycles. The zero-order valence-corrected chi connectivity index (χ0v) is 14.2. The summed E-state index contributed by atoms with van der Waals surface area (Å²) in [5.41, 5.74) is 3.09. The van der Waals surface area contributed by atoms with Crippen LogP contribution in [-0.4, -0.2) is 38.3 Å². The first kappa shape index (κ1) is 17.6. The van der Waals surface area contributed by atoms with Crippen molar-refractivity contribution in [2.45, 2.75) is 19.1 Å². The van der Waals surface area contributed by atoms with Gasteiger partial charge in [0.2, 0.25) is 5.91 Å². The molecule has 132 valence electrons. The maximum Gasteiger partial charge on any atom is 0.243 e. The molecule has 1 atom stereocenters. The van der Waals surface area contributed by atoms with Crippen LogP contribution in [-0.2, 0) is 27.3 Å². The van der Waals surface area contributed by atoms with Crippen molar-refractivity contribution in [3.63, 3.8) is 0 Å². The van der Waals surface area contributed by atoms with Gasteiger partial charge >= 0.3 is 0 Å². The van der Waals surface area contributed by atoms with Gasteiger partial charge in [0, 0.05) is 12.2 Å². The Labute approximate surface area is 148 Å². The van der Waals surface area contributed by atoms with Crippen molar-refractivity contribution in [3.8, 4) is 0 Å². The Morgan fingerprint density at radius 3 is 2.80 bits per heavy atom. The highest BCUT2D eigenvalue weighted by atomic mass is 16.5. The Bertz CT molecular complexity index is 670. The average Bonchev–Trinajstić information content (AvgIpc) is 2.67. The zero-order chi connectivity index (χ0) is 17.3. The predicted octanol–water partition coefficient (Wildman–Crippen LogP) is 2.37. The summed E-state index contributed by atoms with van der Waals surface area (Å²) in [7, 11) is 0. The van der Waals surface area contributed by atoms with E-state index in [1.807, 2.05) is 42.5 Å². The van der Waals surface area contributed by atoms with Crippen LogP contribution >= 0.6 is 0 Å². The van der Waals surface area contributed by atoms with Gasteiger partial charge in [-0.25, -0.2) is 0 Å². The molecule has 25 heavy (non-hydrogen) atoms. The highest BCUT2D eigenvalue weighted by Crippen LogP contribution is 2.13. The number of hydrogen-bond donors (Lipinski definition) is 2. The molecule has 0 radical (unpaired) electrons. The van der Waals surface area contributed by atoms with Gasteiger partial charge in [-0.2, -0.15) is 0 Å². The fourth-order valence-electron chi connectivity index (χ4n) is 2.73. The maximum atomic E-state index is 12.2. The molecule has 3 rings (SSSR count). The fourth-order valence-corrected chi connectivity index (χ4v) is 2.73. The van der Waals surface area contributed by atoms with E-state index in [0.29, 0.717) is 33.0 Å². The quantitative estimate of drug-likeness (QED) is 0.760. The van der Waals surface area contributed by atoms with Gasteiger partial charge in [-0.15, -0.1) is 0 Å². The molecule has 0 aromatic heterocycles. The van der Waals surface area contributed by atoms with Crippen LogP contribution in [0.1, 0.15) is 11.1 Å². The van der Waals surface area contributed by atoms with Crippen LogP contribution in [0.25, 0.3) is 0 Å². The van der Waals surface area contributed by atoms with E-state index in [1.165, 1.54) is 5.56 Å². The third-order valence-electron chi connectivity index (χ3n) is 4.08. The van der Waals surface area contributed by atoms with Gasteiger partial charge in [-0.3, -0.25) is 4.79 Å². The Morgan fingerprint density at radius 2 is 2.00 bits per heavy atom. The third-order valence-corrected chi connectivity index (χ3v) is 4.08. The molecule has 1 amide bonds. The van der Waals surface area contributed by atoms with Gasteiger partial charge in [0.1, 0.15) is 6.04 Å². The van der Waals surface area contributed by atoms with Crippen LogP contribution in [0.2, 0.25) is 0 Å². The molecule has 1 unspecified atom stereocenters.